The fourth-order valence-corrected chi connectivity index (χ4v) is 5.43. The lowest BCUT2D eigenvalue weighted by Crippen LogP contribution is -2.47. The highest BCUT2D eigenvalue weighted by Crippen LogP contribution is 2.30. The van der Waals surface area contributed by atoms with E-state index >= 15 is 0 Å². The quantitative estimate of drug-likeness (QED) is 0.358. The zero-order valence-corrected chi connectivity index (χ0v) is 22.4. The summed E-state index contributed by atoms with van der Waals surface area (Å²) >= 11 is 1.48. The van der Waals surface area contributed by atoms with Gasteiger partial charge in [-0.3, -0.25) is 14.8 Å². The topological polar surface area (TPSA) is 111 Å². The first-order valence-corrected chi connectivity index (χ1v) is 13.8. The highest BCUT2D eigenvalue weighted by Gasteiger charge is 2.21. The predicted molar refractivity (Wildman–Crippen MR) is 145 cm³/mol. The van der Waals surface area contributed by atoms with Crippen molar-refractivity contribution in [3.8, 4) is 12.1 Å². The van der Waals surface area contributed by atoms with Crippen molar-refractivity contribution in [3.63, 3.8) is 0 Å². The molecule has 9 nitrogen and oxygen atoms in total. The maximum Gasteiger partial charge on any atom is 0.316 e. The van der Waals surface area contributed by atoms with Crippen molar-refractivity contribution in [2.45, 2.75) is 32.6 Å². The van der Waals surface area contributed by atoms with Crippen LogP contribution in [-0.4, -0.2) is 87.3 Å². The van der Waals surface area contributed by atoms with E-state index in [1.807, 2.05) is 6.07 Å². The lowest BCUT2D eigenvalue weighted by Gasteiger charge is -2.34. The molecule has 0 radical (unpaired) electrons. The molecule has 0 saturated carbocycles. The molecule has 0 bridgehead atoms. The SMILES string of the molecule is CCC(=CC(CC)COc1nccc(C(C#N)c2nc3cnccc3s2)n1)CN1CCN(CCO)CC1. The Morgan fingerprint density at radius 1 is 1.19 bits per heavy atom. The molecule has 2 unspecified atom stereocenters. The minimum absolute atomic E-state index is 0.224. The maximum atomic E-state index is 9.88. The number of fused-ring (bicyclic) bond motifs is 1. The molecule has 3 aromatic rings. The smallest absolute Gasteiger partial charge is 0.316 e. The predicted octanol–water partition coefficient (Wildman–Crippen LogP) is 3.49. The normalized spacial score (nSPS) is 17.0. The van der Waals surface area contributed by atoms with Crippen LogP contribution in [0.4, 0.5) is 0 Å². The van der Waals surface area contributed by atoms with Crippen LogP contribution in [-0.2, 0) is 0 Å². The molecule has 1 saturated heterocycles. The molecule has 4 heterocycles. The summed E-state index contributed by atoms with van der Waals surface area (Å²) in [4.78, 5) is 22.4. The number of β-amino-alcohol motifs (C(OH)–C–C–N with tert-alkyl or cyclic N) is 1. The van der Waals surface area contributed by atoms with Gasteiger partial charge in [-0.25, -0.2) is 9.97 Å². The van der Waals surface area contributed by atoms with Crippen LogP contribution >= 0.6 is 11.3 Å². The highest BCUT2D eigenvalue weighted by molar-refractivity contribution is 7.18. The molecule has 4 rings (SSSR count). The highest BCUT2D eigenvalue weighted by atomic mass is 32.1. The van der Waals surface area contributed by atoms with E-state index in [1.54, 1.807) is 24.7 Å². The van der Waals surface area contributed by atoms with E-state index in [-0.39, 0.29) is 18.5 Å². The molecule has 1 aliphatic heterocycles. The molecule has 0 spiro atoms. The molecule has 37 heavy (non-hydrogen) atoms. The molecule has 10 heteroatoms. The summed E-state index contributed by atoms with van der Waals surface area (Å²) in [6.45, 7) is 10.9. The minimum Gasteiger partial charge on any atom is -0.463 e. The number of piperazine rings is 1. The van der Waals surface area contributed by atoms with Gasteiger partial charge >= 0.3 is 6.01 Å². The van der Waals surface area contributed by atoms with Crippen molar-refractivity contribution in [1.82, 2.24) is 29.7 Å². The Kier molecular flexibility index (Phi) is 9.91. The van der Waals surface area contributed by atoms with E-state index in [0.717, 1.165) is 62.3 Å². The van der Waals surface area contributed by atoms with Gasteiger partial charge in [0.05, 0.1) is 41.4 Å². The molecule has 2 atom stereocenters. The molecule has 0 aromatic carbocycles. The van der Waals surface area contributed by atoms with E-state index < -0.39 is 5.92 Å². The number of hydrogen-bond donors (Lipinski definition) is 1. The summed E-state index contributed by atoms with van der Waals surface area (Å²) in [5.41, 5.74) is 2.78. The molecule has 0 aliphatic carbocycles. The molecule has 1 N–H and O–H groups in total. The fourth-order valence-electron chi connectivity index (χ4n) is 4.43. The summed E-state index contributed by atoms with van der Waals surface area (Å²) in [6, 6.07) is 6.27. The van der Waals surface area contributed by atoms with E-state index in [0.29, 0.717) is 17.3 Å². The monoisotopic (exact) mass is 521 g/mol. The Hall–Kier alpha value is -2.97. The van der Waals surface area contributed by atoms with Crippen LogP contribution in [0.1, 0.15) is 43.3 Å². The number of pyridine rings is 1. The Morgan fingerprint density at radius 2 is 2.00 bits per heavy atom. The van der Waals surface area contributed by atoms with Crippen LogP contribution in [0.3, 0.4) is 0 Å². The number of aliphatic hydroxyl groups excluding tert-OH is 1. The molecular formula is C27H35N7O2S. The van der Waals surface area contributed by atoms with Crippen molar-refractivity contribution >= 4 is 21.6 Å². The third-order valence-electron chi connectivity index (χ3n) is 6.72. The summed E-state index contributed by atoms with van der Waals surface area (Å²) in [7, 11) is 0. The van der Waals surface area contributed by atoms with Crippen LogP contribution < -0.4 is 4.74 Å². The first-order valence-electron chi connectivity index (χ1n) is 12.9. The van der Waals surface area contributed by atoms with Gasteiger partial charge in [-0.2, -0.15) is 10.2 Å². The number of thiazole rings is 1. The van der Waals surface area contributed by atoms with Crippen molar-refractivity contribution in [2.75, 3.05) is 52.5 Å². The van der Waals surface area contributed by atoms with Crippen LogP contribution in [0.15, 0.2) is 42.4 Å². The number of ether oxygens (including phenoxy) is 1. The molecule has 1 aliphatic rings. The Balaban J connectivity index is 1.37. The Bertz CT molecular complexity index is 1180. The summed E-state index contributed by atoms with van der Waals surface area (Å²) in [5, 5.41) is 19.7. The average Bonchev–Trinajstić information content (AvgIpc) is 3.36. The second kappa shape index (κ2) is 13.5. The van der Waals surface area contributed by atoms with Gasteiger partial charge in [0.15, 0.2) is 0 Å². The fraction of sp³-hybridized carbons (Fsp3) is 0.519. The molecule has 3 aromatic heterocycles. The van der Waals surface area contributed by atoms with E-state index in [4.69, 9.17) is 9.84 Å². The van der Waals surface area contributed by atoms with Gasteiger partial charge < -0.3 is 9.84 Å². The first-order chi connectivity index (χ1) is 18.1. The average molecular weight is 522 g/mol. The number of nitriles is 1. The summed E-state index contributed by atoms with van der Waals surface area (Å²) in [5.74, 6) is -0.337. The van der Waals surface area contributed by atoms with Crippen LogP contribution in [0.2, 0.25) is 0 Å². The number of aliphatic hydroxyl groups is 1. The second-order valence-corrected chi connectivity index (χ2v) is 10.3. The van der Waals surface area contributed by atoms with Gasteiger partial charge in [0.25, 0.3) is 0 Å². The van der Waals surface area contributed by atoms with E-state index in [2.05, 4.69) is 55.7 Å². The number of nitrogens with zero attached hydrogens (tertiary/aromatic N) is 7. The van der Waals surface area contributed by atoms with Gasteiger partial charge in [0.2, 0.25) is 0 Å². The Labute approximate surface area is 222 Å². The molecule has 1 fully saturated rings. The number of hydrogen-bond acceptors (Lipinski definition) is 10. The van der Waals surface area contributed by atoms with Crippen LogP contribution in [0.5, 0.6) is 6.01 Å². The van der Waals surface area contributed by atoms with Crippen molar-refractivity contribution in [1.29, 1.82) is 5.26 Å². The lowest BCUT2D eigenvalue weighted by molar-refractivity contribution is 0.118. The number of rotatable bonds is 12. The lowest BCUT2D eigenvalue weighted by atomic mass is 10.0. The third-order valence-corrected chi connectivity index (χ3v) is 7.82. The zero-order chi connectivity index (χ0) is 26.0. The van der Waals surface area contributed by atoms with Crippen molar-refractivity contribution < 1.29 is 9.84 Å². The minimum atomic E-state index is -0.589. The summed E-state index contributed by atoms with van der Waals surface area (Å²) in [6.07, 6.45) is 9.37. The third kappa shape index (κ3) is 7.29. The maximum absolute atomic E-state index is 9.88. The molecule has 196 valence electrons. The number of aromatic nitrogens is 4. The van der Waals surface area contributed by atoms with Gasteiger partial charge in [-0.05, 0) is 25.0 Å². The zero-order valence-electron chi connectivity index (χ0n) is 21.6. The first kappa shape index (κ1) is 27.1. The van der Waals surface area contributed by atoms with Crippen LogP contribution in [0.25, 0.3) is 10.2 Å². The van der Waals surface area contributed by atoms with Crippen LogP contribution in [0, 0.1) is 17.2 Å². The van der Waals surface area contributed by atoms with Gasteiger partial charge in [-0.1, -0.05) is 25.5 Å². The van der Waals surface area contributed by atoms with Crippen molar-refractivity contribution in [2.24, 2.45) is 5.92 Å². The van der Waals surface area contributed by atoms with E-state index in [1.165, 1.54) is 16.9 Å². The van der Waals surface area contributed by atoms with Crippen molar-refractivity contribution in [3.05, 3.63) is 53.1 Å². The molecular weight excluding hydrogens is 486 g/mol. The second-order valence-electron chi connectivity index (χ2n) is 9.22. The van der Waals surface area contributed by atoms with Gasteiger partial charge in [0, 0.05) is 57.6 Å². The summed E-state index contributed by atoms with van der Waals surface area (Å²) < 4.78 is 7.01. The van der Waals surface area contributed by atoms with E-state index in [9.17, 15) is 5.26 Å². The Morgan fingerprint density at radius 3 is 2.70 bits per heavy atom. The standard InChI is InChI=1S/C27H35N7O2S/c1-3-20(18-34-11-9-33(10-12-34)13-14-35)15-21(4-2)19-36-27-30-8-5-23(32-27)22(16-28)26-31-24-17-29-7-6-25(24)37-26/h5-8,15,17,21-22,35H,3-4,9-14,18-19H2,1-2H3. The van der Waals surface area contributed by atoms with Gasteiger partial charge in [-0.15, -0.1) is 11.3 Å². The largest absolute Gasteiger partial charge is 0.463 e. The molecule has 0 amide bonds. The van der Waals surface area contributed by atoms with Gasteiger partial charge in [0.1, 0.15) is 10.9 Å².